The minimum Gasteiger partial charge on any atom is -0.496 e. The van der Waals surface area contributed by atoms with Gasteiger partial charge in [0.1, 0.15) is 16.3 Å². The molecule has 27 heavy (non-hydrogen) atoms. The van der Waals surface area contributed by atoms with Crippen LogP contribution in [0, 0.1) is 0 Å². The molecule has 0 atom stereocenters. The van der Waals surface area contributed by atoms with Crippen LogP contribution in [0.1, 0.15) is 21.7 Å². The number of thiophene rings is 1. The maximum Gasteiger partial charge on any atom is 0.268 e. The van der Waals surface area contributed by atoms with Crippen LogP contribution in [0.15, 0.2) is 66.2 Å². The average Bonchev–Trinajstić information content (AvgIpc) is 3.30. The molecule has 1 N–H and O–H groups in total. The molecule has 3 heterocycles. The molecule has 0 bridgehead atoms. The van der Waals surface area contributed by atoms with E-state index in [1.807, 2.05) is 64.5 Å². The van der Waals surface area contributed by atoms with Gasteiger partial charge in [0.15, 0.2) is 0 Å². The minimum atomic E-state index is -0.112. The molecule has 0 aliphatic rings. The van der Waals surface area contributed by atoms with Gasteiger partial charge in [-0.15, -0.1) is 11.3 Å². The van der Waals surface area contributed by atoms with Crippen LogP contribution in [-0.2, 0) is 13.1 Å². The topological polar surface area (TPSA) is 56.1 Å². The fourth-order valence-corrected chi connectivity index (χ4v) is 3.98. The largest absolute Gasteiger partial charge is 0.496 e. The van der Waals surface area contributed by atoms with Crippen molar-refractivity contribution in [1.29, 1.82) is 0 Å². The summed E-state index contributed by atoms with van der Waals surface area (Å²) in [6.07, 6.45) is 1.72. The number of pyridine rings is 1. The van der Waals surface area contributed by atoms with Gasteiger partial charge in [-0.2, -0.15) is 0 Å². The van der Waals surface area contributed by atoms with E-state index in [4.69, 9.17) is 4.74 Å². The monoisotopic (exact) mass is 377 g/mol. The van der Waals surface area contributed by atoms with E-state index in [1.54, 1.807) is 24.6 Å². The Bertz CT molecular complexity index is 1070. The van der Waals surface area contributed by atoms with Crippen molar-refractivity contribution >= 4 is 27.5 Å². The van der Waals surface area contributed by atoms with Crippen molar-refractivity contribution < 1.29 is 9.53 Å². The first-order valence-corrected chi connectivity index (χ1v) is 9.51. The van der Waals surface area contributed by atoms with Gasteiger partial charge >= 0.3 is 0 Å². The Morgan fingerprint density at radius 1 is 1.19 bits per heavy atom. The molecule has 1 amide bonds. The van der Waals surface area contributed by atoms with E-state index in [2.05, 4.69) is 10.3 Å². The second kappa shape index (κ2) is 7.63. The summed E-state index contributed by atoms with van der Waals surface area (Å²) in [6.45, 7) is 0.966. The van der Waals surface area contributed by atoms with Gasteiger partial charge < -0.3 is 14.6 Å². The van der Waals surface area contributed by atoms with E-state index < -0.39 is 0 Å². The Balaban J connectivity index is 1.64. The van der Waals surface area contributed by atoms with Gasteiger partial charge in [0, 0.05) is 17.1 Å². The maximum atomic E-state index is 12.9. The number of fused-ring (bicyclic) bond motifs is 1. The first kappa shape index (κ1) is 17.3. The van der Waals surface area contributed by atoms with Crippen LogP contribution >= 0.6 is 11.3 Å². The molecule has 6 heteroatoms. The van der Waals surface area contributed by atoms with E-state index in [-0.39, 0.29) is 5.91 Å². The van der Waals surface area contributed by atoms with Gasteiger partial charge in [-0.05, 0) is 35.7 Å². The van der Waals surface area contributed by atoms with Gasteiger partial charge in [0.05, 0.1) is 25.9 Å². The fraction of sp³-hybridized carbons (Fsp3) is 0.143. The maximum absolute atomic E-state index is 12.9. The Hall–Kier alpha value is -3.12. The number of hydrogen-bond acceptors (Lipinski definition) is 4. The zero-order valence-electron chi connectivity index (χ0n) is 14.9. The molecule has 5 nitrogen and oxygen atoms in total. The highest BCUT2D eigenvalue weighted by Crippen LogP contribution is 2.28. The highest BCUT2D eigenvalue weighted by molar-refractivity contribution is 7.16. The molecular formula is C21H19N3O2S. The van der Waals surface area contributed by atoms with Crippen LogP contribution in [0.5, 0.6) is 5.75 Å². The number of methoxy groups -OCH3 is 1. The molecule has 4 rings (SSSR count). The van der Waals surface area contributed by atoms with Crippen LogP contribution < -0.4 is 10.1 Å². The van der Waals surface area contributed by atoms with E-state index in [0.29, 0.717) is 18.8 Å². The molecule has 0 saturated heterocycles. The summed E-state index contributed by atoms with van der Waals surface area (Å²) in [5.41, 5.74) is 2.50. The van der Waals surface area contributed by atoms with Gasteiger partial charge in [0.25, 0.3) is 5.91 Å². The Morgan fingerprint density at radius 3 is 2.85 bits per heavy atom. The van der Waals surface area contributed by atoms with Crippen LogP contribution in [0.4, 0.5) is 0 Å². The average molecular weight is 377 g/mol. The van der Waals surface area contributed by atoms with Crippen molar-refractivity contribution in [2.75, 3.05) is 7.11 Å². The minimum absolute atomic E-state index is 0.112. The molecule has 0 spiro atoms. The molecule has 1 aromatic carbocycles. The summed E-state index contributed by atoms with van der Waals surface area (Å²) in [7, 11) is 1.66. The number of rotatable bonds is 6. The lowest BCUT2D eigenvalue weighted by Crippen LogP contribution is -2.26. The number of carbonyl (C=O) groups excluding carboxylic acids is 1. The standard InChI is InChI=1S/C21H19N3O2S/c1-26-19-8-3-2-6-16(19)14-24-18(12-15-9-11-27-21(15)24)20(25)23-13-17-7-4-5-10-22-17/h2-12H,13-14H2,1H3,(H,23,25). The molecule has 136 valence electrons. The smallest absolute Gasteiger partial charge is 0.268 e. The van der Waals surface area contributed by atoms with E-state index in [9.17, 15) is 4.79 Å². The Kier molecular flexibility index (Phi) is 4.89. The SMILES string of the molecule is COc1ccccc1Cn1c(C(=O)NCc2ccccn2)cc2ccsc21. The molecule has 0 aliphatic carbocycles. The van der Waals surface area contributed by atoms with E-state index in [1.165, 1.54) is 0 Å². The first-order chi connectivity index (χ1) is 13.3. The number of para-hydroxylation sites is 1. The third-order valence-electron chi connectivity index (χ3n) is 4.41. The predicted octanol–water partition coefficient (Wildman–Crippen LogP) is 4.08. The number of hydrogen-bond donors (Lipinski definition) is 1. The second-order valence-electron chi connectivity index (χ2n) is 6.11. The lowest BCUT2D eigenvalue weighted by molar-refractivity contribution is 0.0942. The fourth-order valence-electron chi connectivity index (χ4n) is 3.09. The summed E-state index contributed by atoms with van der Waals surface area (Å²) < 4.78 is 7.52. The van der Waals surface area contributed by atoms with E-state index >= 15 is 0 Å². The predicted molar refractivity (Wildman–Crippen MR) is 107 cm³/mol. The Morgan fingerprint density at radius 2 is 2.04 bits per heavy atom. The molecule has 0 fully saturated rings. The summed E-state index contributed by atoms with van der Waals surface area (Å²) in [6, 6.07) is 17.5. The van der Waals surface area contributed by atoms with Crippen LogP contribution in [-0.4, -0.2) is 22.6 Å². The number of benzene rings is 1. The normalized spacial score (nSPS) is 10.9. The number of amides is 1. The molecule has 0 saturated carbocycles. The summed E-state index contributed by atoms with van der Waals surface area (Å²) in [5, 5.41) is 6.08. The number of nitrogens with zero attached hydrogens (tertiary/aromatic N) is 2. The number of carbonyl (C=O) groups is 1. The van der Waals surface area contributed by atoms with Crippen molar-refractivity contribution in [1.82, 2.24) is 14.9 Å². The van der Waals surface area contributed by atoms with Gasteiger partial charge in [-0.1, -0.05) is 24.3 Å². The van der Waals surface area contributed by atoms with Crippen LogP contribution in [0.3, 0.4) is 0 Å². The number of ether oxygens (including phenoxy) is 1. The van der Waals surface area contributed by atoms with Crippen LogP contribution in [0.25, 0.3) is 10.2 Å². The lowest BCUT2D eigenvalue weighted by Gasteiger charge is -2.13. The van der Waals surface area contributed by atoms with Crippen molar-refractivity contribution in [3.8, 4) is 5.75 Å². The number of nitrogens with one attached hydrogen (secondary N) is 1. The summed E-state index contributed by atoms with van der Waals surface area (Å²) >= 11 is 1.63. The second-order valence-corrected chi connectivity index (χ2v) is 7.01. The molecular weight excluding hydrogens is 358 g/mol. The van der Waals surface area contributed by atoms with Gasteiger partial charge in [-0.25, -0.2) is 0 Å². The van der Waals surface area contributed by atoms with Crippen LogP contribution in [0.2, 0.25) is 0 Å². The highest BCUT2D eigenvalue weighted by Gasteiger charge is 2.18. The van der Waals surface area contributed by atoms with Gasteiger partial charge in [0.2, 0.25) is 0 Å². The summed E-state index contributed by atoms with van der Waals surface area (Å²) in [5.74, 6) is 0.703. The molecule has 0 radical (unpaired) electrons. The lowest BCUT2D eigenvalue weighted by atomic mass is 10.2. The van der Waals surface area contributed by atoms with E-state index in [0.717, 1.165) is 27.2 Å². The zero-order valence-corrected chi connectivity index (χ0v) is 15.7. The molecule has 0 unspecified atom stereocenters. The highest BCUT2D eigenvalue weighted by atomic mass is 32.1. The molecule has 0 aliphatic heterocycles. The Labute approximate surface area is 161 Å². The van der Waals surface area contributed by atoms with Crippen molar-refractivity contribution in [3.05, 3.63) is 83.1 Å². The third-order valence-corrected chi connectivity index (χ3v) is 5.36. The molecule has 3 aromatic heterocycles. The van der Waals surface area contributed by atoms with Crippen molar-refractivity contribution in [2.24, 2.45) is 0 Å². The first-order valence-electron chi connectivity index (χ1n) is 8.63. The molecule has 4 aromatic rings. The van der Waals surface area contributed by atoms with Crippen molar-refractivity contribution in [2.45, 2.75) is 13.1 Å². The quantitative estimate of drug-likeness (QED) is 0.551. The third kappa shape index (κ3) is 3.57. The number of aromatic nitrogens is 2. The van der Waals surface area contributed by atoms with Crippen molar-refractivity contribution in [3.63, 3.8) is 0 Å². The zero-order chi connectivity index (χ0) is 18.6. The summed E-state index contributed by atoms with van der Waals surface area (Å²) in [4.78, 5) is 18.2. The van der Waals surface area contributed by atoms with Gasteiger partial charge in [-0.3, -0.25) is 9.78 Å².